The molecule has 2 aliphatic carbocycles. The maximum absolute atomic E-state index is 5.55. The minimum Gasteiger partial charge on any atom is -0.366 e. The second kappa shape index (κ2) is 3.47. The Kier molecular flexibility index (Phi) is 2.23. The molecule has 0 aromatic carbocycles. The standard InChI is InChI=1S/C10H15BrN4/c11-9-13-10(12)14-15(9)5-6-1-2-7-4-8(7)3-6/h6-8H,1-5H2,(H2,12,14). The number of hydrogen-bond acceptors (Lipinski definition) is 3. The highest BCUT2D eigenvalue weighted by molar-refractivity contribution is 9.10. The normalized spacial score (nSPS) is 33.8. The zero-order valence-corrected chi connectivity index (χ0v) is 10.2. The zero-order chi connectivity index (χ0) is 10.4. The molecule has 3 atom stereocenters. The topological polar surface area (TPSA) is 56.7 Å². The molecule has 3 unspecified atom stereocenters. The maximum atomic E-state index is 5.55. The molecule has 0 bridgehead atoms. The van der Waals surface area contributed by atoms with Gasteiger partial charge in [-0.15, -0.1) is 5.10 Å². The lowest BCUT2D eigenvalue weighted by Gasteiger charge is -2.20. The van der Waals surface area contributed by atoms with E-state index in [1.54, 1.807) is 0 Å². The second-order valence-corrected chi connectivity index (χ2v) is 5.57. The summed E-state index contributed by atoms with van der Waals surface area (Å²) in [5.74, 6) is 3.21. The van der Waals surface area contributed by atoms with E-state index in [0.717, 1.165) is 29.0 Å². The number of halogens is 1. The number of fused-ring (bicyclic) bond motifs is 1. The molecule has 3 rings (SSSR count). The van der Waals surface area contributed by atoms with Gasteiger partial charge in [0.1, 0.15) is 0 Å². The van der Waals surface area contributed by atoms with Crippen molar-refractivity contribution in [3.05, 3.63) is 4.73 Å². The third-order valence-corrected chi connectivity index (χ3v) is 4.31. The van der Waals surface area contributed by atoms with Crippen LogP contribution in [0.15, 0.2) is 4.73 Å². The summed E-state index contributed by atoms with van der Waals surface area (Å²) in [4.78, 5) is 4.05. The Balaban J connectivity index is 1.66. The van der Waals surface area contributed by atoms with Crippen molar-refractivity contribution in [3.8, 4) is 0 Å². The predicted molar refractivity (Wildman–Crippen MR) is 61.1 cm³/mol. The van der Waals surface area contributed by atoms with Crippen LogP contribution in [0.25, 0.3) is 0 Å². The van der Waals surface area contributed by atoms with Crippen molar-refractivity contribution in [3.63, 3.8) is 0 Å². The summed E-state index contributed by atoms with van der Waals surface area (Å²) in [6.45, 7) is 0.966. The minimum absolute atomic E-state index is 0.363. The molecule has 5 heteroatoms. The summed E-state index contributed by atoms with van der Waals surface area (Å²) >= 11 is 3.38. The van der Waals surface area contributed by atoms with E-state index < -0.39 is 0 Å². The van der Waals surface area contributed by atoms with Crippen LogP contribution < -0.4 is 5.73 Å². The number of anilines is 1. The molecule has 1 heterocycles. The van der Waals surface area contributed by atoms with Crippen molar-refractivity contribution in [1.29, 1.82) is 0 Å². The molecule has 1 aromatic heterocycles. The van der Waals surface area contributed by atoms with Gasteiger partial charge in [-0.3, -0.25) is 0 Å². The quantitative estimate of drug-likeness (QED) is 0.895. The number of hydrogen-bond donors (Lipinski definition) is 1. The third kappa shape index (κ3) is 1.89. The number of aromatic nitrogens is 3. The van der Waals surface area contributed by atoms with Gasteiger partial charge in [-0.1, -0.05) is 0 Å². The molecule has 1 aromatic rings. The first-order valence-corrected chi connectivity index (χ1v) is 6.37. The van der Waals surface area contributed by atoms with Gasteiger partial charge in [0, 0.05) is 6.54 Å². The first-order valence-electron chi connectivity index (χ1n) is 5.58. The van der Waals surface area contributed by atoms with Gasteiger partial charge in [0.05, 0.1) is 0 Å². The first kappa shape index (κ1) is 9.63. The number of nitrogens with two attached hydrogens (primary N) is 1. The Morgan fingerprint density at radius 1 is 1.33 bits per heavy atom. The van der Waals surface area contributed by atoms with Crippen LogP contribution >= 0.6 is 15.9 Å². The van der Waals surface area contributed by atoms with Crippen LogP contribution in [-0.2, 0) is 6.54 Å². The fraction of sp³-hybridized carbons (Fsp3) is 0.800. The first-order chi connectivity index (χ1) is 7.22. The van der Waals surface area contributed by atoms with E-state index in [-0.39, 0.29) is 0 Å². The van der Waals surface area contributed by atoms with Crippen LogP contribution in [0.5, 0.6) is 0 Å². The summed E-state index contributed by atoms with van der Waals surface area (Å²) in [5.41, 5.74) is 5.55. The zero-order valence-electron chi connectivity index (χ0n) is 8.56. The van der Waals surface area contributed by atoms with E-state index in [4.69, 9.17) is 5.73 Å². The van der Waals surface area contributed by atoms with Crippen LogP contribution in [0.2, 0.25) is 0 Å². The second-order valence-electron chi connectivity index (χ2n) is 4.86. The Morgan fingerprint density at radius 3 is 2.87 bits per heavy atom. The van der Waals surface area contributed by atoms with Gasteiger partial charge in [0.25, 0.3) is 0 Å². The molecule has 2 N–H and O–H groups in total. The van der Waals surface area contributed by atoms with Crippen molar-refractivity contribution in [2.24, 2.45) is 17.8 Å². The molecule has 0 spiro atoms. The van der Waals surface area contributed by atoms with E-state index in [9.17, 15) is 0 Å². The van der Waals surface area contributed by atoms with Crippen LogP contribution in [0.1, 0.15) is 25.7 Å². The molecule has 0 amide bonds. The molecule has 15 heavy (non-hydrogen) atoms. The Hall–Kier alpha value is -0.580. The maximum Gasteiger partial charge on any atom is 0.240 e. The smallest absolute Gasteiger partial charge is 0.240 e. The fourth-order valence-electron chi connectivity index (χ4n) is 2.81. The summed E-state index contributed by atoms with van der Waals surface area (Å²) in [5, 5.41) is 4.18. The van der Waals surface area contributed by atoms with Crippen LogP contribution in [0.4, 0.5) is 5.95 Å². The lowest BCUT2D eigenvalue weighted by Crippen LogP contribution is -2.16. The summed E-state index contributed by atoms with van der Waals surface area (Å²) < 4.78 is 2.65. The number of nitrogens with zero attached hydrogens (tertiary/aromatic N) is 3. The van der Waals surface area contributed by atoms with Gasteiger partial charge in [-0.05, 0) is 59.4 Å². The summed E-state index contributed by atoms with van der Waals surface area (Å²) in [6.07, 6.45) is 5.60. The van der Waals surface area contributed by atoms with Crippen LogP contribution in [-0.4, -0.2) is 14.8 Å². The highest BCUT2D eigenvalue weighted by Gasteiger charge is 2.41. The minimum atomic E-state index is 0.363. The Morgan fingerprint density at radius 2 is 2.20 bits per heavy atom. The van der Waals surface area contributed by atoms with Crippen molar-refractivity contribution in [1.82, 2.24) is 14.8 Å². The SMILES string of the molecule is Nc1nc(Br)n(CC2CCC3CC3C2)n1. The Labute approximate surface area is 97.4 Å². The molecular weight excluding hydrogens is 256 g/mol. The van der Waals surface area contributed by atoms with Gasteiger partial charge in [0.2, 0.25) is 5.95 Å². The largest absolute Gasteiger partial charge is 0.366 e. The van der Waals surface area contributed by atoms with Gasteiger partial charge >= 0.3 is 0 Å². The van der Waals surface area contributed by atoms with Crippen LogP contribution in [0.3, 0.4) is 0 Å². The van der Waals surface area contributed by atoms with Gasteiger partial charge < -0.3 is 5.73 Å². The van der Waals surface area contributed by atoms with Crippen molar-refractivity contribution in [2.75, 3.05) is 5.73 Å². The summed E-state index contributed by atoms with van der Waals surface area (Å²) in [6, 6.07) is 0. The van der Waals surface area contributed by atoms with Gasteiger partial charge in [-0.2, -0.15) is 4.98 Å². The molecule has 2 aliphatic rings. The van der Waals surface area contributed by atoms with Crippen molar-refractivity contribution < 1.29 is 0 Å². The predicted octanol–water partition coefficient (Wildman–Crippen LogP) is 2.06. The van der Waals surface area contributed by atoms with E-state index in [2.05, 4.69) is 26.0 Å². The summed E-state index contributed by atoms with van der Waals surface area (Å²) in [7, 11) is 0. The number of rotatable bonds is 2. The molecule has 2 fully saturated rings. The van der Waals surface area contributed by atoms with Gasteiger partial charge in [0.15, 0.2) is 4.73 Å². The lowest BCUT2D eigenvalue weighted by molar-refractivity contribution is 0.294. The molecule has 0 saturated heterocycles. The average molecular weight is 271 g/mol. The van der Waals surface area contributed by atoms with E-state index in [1.165, 1.54) is 25.7 Å². The lowest BCUT2D eigenvalue weighted by atomic mass is 9.89. The van der Waals surface area contributed by atoms with E-state index in [0.29, 0.717) is 5.95 Å². The molecule has 4 nitrogen and oxygen atoms in total. The Bertz CT molecular complexity index is 375. The third-order valence-electron chi connectivity index (χ3n) is 3.72. The van der Waals surface area contributed by atoms with Crippen molar-refractivity contribution in [2.45, 2.75) is 32.2 Å². The van der Waals surface area contributed by atoms with Crippen molar-refractivity contribution >= 4 is 21.9 Å². The molecule has 2 saturated carbocycles. The monoisotopic (exact) mass is 270 g/mol. The highest BCUT2D eigenvalue weighted by atomic mass is 79.9. The van der Waals surface area contributed by atoms with E-state index in [1.807, 2.05) is 4.68 Å². The fourth-order valence-corrected chi connectivity index (χ4v) is 3.22. The number of nitrogen functional groups attached to an aromatic ring is 1. The molecular formula is C10H15BrN4. The van der Waals surface area contributed by atoms with Crippen LogP contribution in [0, 0.1) is 17.8 Å². The molecule has 0 aliphatic heterocycles. The average Bonchev–Trinajstić information content (AvgIpc) is 2.87. The van der Waals surface area contributed by atoms with Gasteiger partial charge in [-0.25, -0.2) is 4.68 Å². The molecule has 0 radical (unpaired) electrons. The molecule has 82 valence electrons. The highest BCUT2D eigenvalue weighted by Crippen LogP contribution is 2.51. The van der Waals surface area contributed by atoms with E-state index >= 15 is 0 Å².